The van der Waals surface area contributed by atoms with Crippen molar-refractivity contribution in [1.29, 1.82) is 0 Å². The highest BCUT2D eigenvalue weighted by Crippen LogP contribution is 2.18. The van der Waals surface area contributed by atoms with E-state index in [1.54, 1.807) is 10.7 Å². The van der Waals surface area contributed by atoms with Crippen molar-refractivity contribution in [1.82, 2.24) is 14.3 Å². The molecule has 0 radical (unpaired) electrons. The van der Waals surface area contributed by atoms with Gasteiger partial charge in [0.15, 0.2) is 5.78 Å². The molecule has 2 aromatic heterocycles. The highest BCUT2D eigenvalue weighted by Gasteiger charge is 2.17. The topological polar surface area (TPSA) is 56.9 Å². The number of aromatic nitrogens is 3. The molecule has 0 aliphatic carbocycles. The first-order valence-electron chi connectivity index (χ1n) is 9.73. The Morgan fingerprint density at radius 2 is 1.72 bits per heavy atom. The number of benzene rings is 2. The number of fused-ring (bicyclic) bond motifs is 1. The van der Waals surface area contributed by atoms with Crippen LogP contribution in [-0.4, -0.2) is 20.1 Å². The van der Waals surface area contributed by atoms with Gasteiger partial charge in [0.25, 0.3) is 0 Å². The molecule has 0 aliphatic heterocycles. The van der Waals surface area contributed by atoms with Crippen LogP contribution in [-0.2, 0) is 19.5 Å². The van der Waals surface area contributed by atoms with Crippen molar-refractivity contribution in [3.63, 3.8) is 0 Å². The molecule has 146 valence electrons. The van der Waals surface area contributed by atoms with Crippen LogP contribution >= 0.6 is 0 Å². The summed E-state index contributed by atoms with van der Waals surface area (Å²) in [6, 6.07) is 19.5. The number of carbonyl (C=O) groups is 1. The van der Waals surface area contributed by atoms with E-state index in [1.165, 1.54) is 11.8 Å². The van der Waals surface area contributed by atoms with Crippen molar-refractivity contribution in [2.75, 3.05) is 0 Å². The quantitative estimate of drug-likeness (QED) is 0.473. The summed E-state index contributed by atoms with van der Waals surface area (Å²) < 4.78 is 3.80. The number of ketones is 1. The van der Waals surface area contributed by atoms with Crippen molar-refractivity contribution < 1.29 is 4.79 Å². The largest absolute Gasteiger partial charge is 0.348 e. The maximum Gasteiger partial charge on any atom is 0.207 e. The van der Waals surface area contributed by atoms with E-state index in [9.17, 15) is 9.59 Å². The second-order valence-electron chi connectivity index (χ2n) is 7.28. The molecular formula is C24H23N3O2. The van der Waals surface area contributed by atoms with Gasteiger partial charge in [0, 0.05) is 28.9 Å². The Balaban J connectivity index is 1.59. The van der Waals surface area contributed by atoms with Crippen molar-refractivity contribution in [2.24, 2.45) is 0 Å². The second-order valence-corrected chi connectivity index (χ2v) is 7.28. The van der Waals surface area contributed by atoms with Crippen molar-refractivity contribution in [3.8, 4) is 0 Å². The lowest BCUT2D eigenvalue weighted by atomic mass is 10.1. The minimum atomic E-state index is -0.136. The van der Waals surface area contributed by atoms with E-state index in [4.69, 9.17) is 0 Å². The summed E-state index contributed by atoms with van der Waals surface area (Å²) >= 11 is 0. The van der Waals surface area contributed by atoms with E-state index in [-0.39, 0.29) is 17.8 Å². The molecule has 2 aromatic carbocycles. The summed E-state index contributed by atoms with van der Waals surface area (Å²) in [6.45, 7) is 4.95. The maximum atomic E-state index is 13.1. The van der Waals surface area contributed by atoms with Crippen LogP contribution in [0.1, 0.15) is 27.3 Å². The molecule has 4 rings (SSSR count). The summed E-state index contributed by atoms with van der Waals surface area (Å²) in [5.41, 5.74) is 4.56. The summed E-state index contributed by atoms with van der Waals surface area (Å²) in [5.74, 6) is -0.00892. The molecule has 5 heteroatoms. The maximum absolute atomic E-state index is 13.1. The Morgan fingerprint density at radius 1 is 1.00 bits per heavy atom. The molecule has 0 spiro atoms. The van der Waals surface area contributed by atoms with E-state index in [2.05, 4.69) is 21.8 Å². The van der Waals surface area contributed by atoms with Crippen LogP contribution in [0.4, 0.5) is 0 Å². The van der Waals surface area contributed by atoms with Crippen LogP contribution < -0.4 is 5.43 Å². The summed E-state index contributed by atoms with van der Waals surface area (Å²) in [4.78, 5) is 25.1. The van der Waals surface area contributed by atoms with Crippen LogP contribution in [0.3, 0.4) is 0 Å². The summed E-state index contributed by atoms with van der Waals surface area (Å²) in [7, 11) is 0. The zero-order valence-corrected chi connectivity index (χ0v) is 16.6. The van der Waals surface area contributed by atoms with E-state index in [1.807, 2.05) is 56.3 Å². The number of hydrogen-bond donors (Lipinski definition) is 0. The molecule has 2 heterocycles. The van der Waals surface area contributed by atoms with Crippen LogP contribution in [0.15, 0.2) is 71.7 Å². The highest BCUT2D eigenvalue weighted by atomic mass is 16.1. The van der Waals surface area contributed by atoms with Crippen LogP contribution in [0.2, 0.25) is 0 Å². The number of aryl methyl sites for hydroxylation is 2. The normalized spacial score (nSPS) is 11.1. The number of rotatable bonds is 6. The Labute approximate surface area is 169 Å². The molecule has 5 nitrogen and oxygen atoms in total. The molecule has 0 aliphatic rings. The van der Waals surface area contributed by atoms with Gasteiger partial charge in [-0.1, -0.05) is 42.5 Å². The minimum Gasteiger partial charge on any atom is -0.348 e. The lowest BCUT2D eigenvalue weighted by Gasteiger charge is -2.11. The minimum absolute atomic E-state index is 0.00892. The predicted molar refractivity (Wildman–Crippen MR) is 114 cm³/mol. The van der Waals surface area contributed by atoms with E-state index >= 15 is 0 Å². The SMILES string of the molecule is Cc1cc(C(=O)Cn2ncc(=O)c3ccccc32)c(C)n1CCc1ccccc1. The summed E-state index contributed by atoms with van der Waals surface area (Å²) in [6.07, 6.45) is 2.19. The van der Waals surface area contributed by atoms with E-state index in [0.717, 1.165) is 24.4 Å². The Bertz CT molecular complexity index is 1240. The smallest absolute Gasteiger partial charge is 0.207 e. The average Bonchev–Trinajstić information content (AvgIpc) is 3.03. The third kappa shape index (κ3) is 3.76. The van der Waals surface area contributed by atoms with E-state index in [0.29, 0.717) is 16.5 Å². The molecule has 0 fully saturated rings. The first kappa shape index (κ1) is 18.9. The first-order valence-corrected chi connectivity index (χ1v) is 9.73. The third-order valence-electron chi connectivity index (χ3n) is 5.40. The lowest BCUT2D eigenvalue weighted by molar-refractivity contribution is 0.0968. The van der Waals surface area contributed by atoms with Gasteiger partial charge in [0.05, 0.1) is 11.7 Å². The molecule has 0 bridgehead atoms. The molecule has 0 saturated heterocycles. The van der Waals surface area contributed by atoms with Gasteiger partial charge in [-0.2, -0.15) is 5.10 Å². The Kier molecular flexibility index (Phi) is 5.12. The number of nitrogens with zero attached hydrogens (tertiary/aromatic N) is 3. The molecule has 29 heavy (non-hydrogen) atoms. The average molecular weight is 385 g/mol. The standard InChI is InChI=1S/C24H23N3O2/c1-17-14-21(18(2)26(17)13-12-19-8-4-3-5-9-19)24(29)16-27-22-11-7-6-10-20(22)23(28)15-25-27/h3-11,14-15H,12-13,16H2,1-2H3. The van der Waals surface area contributed by atoms with Crippen molar-refractivity contribution >= 4 is 16.7 Å². The van der Waals surface area contributed by atoms with Gasteiger partial charge in [-0.25, -0.2) is 0 Å². The van der Waals surface area contributed by atoms with Gasteiger partial charge in [0.1, 0.15) is 6.54 Å². The molecule has 0 N–H and O–H groups in total. The van der Waals surface area contributed by atoms with Crippen molar-refractivity contribution in [2.45, 2.75) is 33.4 Å². The summed E-state index contributed by atoms with van der Waals surface area (Å²) in [5, 5.41) is 4.76. The zero-order valence-electron chi connectivity index (χ0n) is 16.6. The van der Waals surface area contributed by atoms with Crippen LogP contribution in [0, 0.1) is 13.8 Å². The molecular weight excluding hydrogens is 362 g/mol. The monoisotopic (exact) mass is 385 g/mol. The fourth-order valence-corrected chi connectivity index (χ4v) is 3.82. The van der Waals surface area contributed by atoms with E-state index < -0.39 is 0 Å². The predicted octanol–water partition coefficient (Wildman–Crippen LogP) is 3.94. The number of Topliss-reactive ketones (excluding diaryl/α,β-unsaturated/α-hetero) is 1. The zero-order chi connectivity index (χ0) is 20.4. The van der Waals surface area contributed by atoms with Gasteiger partial charge in [-0.15, -0.1) is 0 Å². The second kappa shape index (κ2) is 7.87. The molecule has 0 unspecified atom stereocenters. The molecule has 4 aromatic rings. The number of para-hydroxylation sites is 1. The Hall–Kier alpha value is -3.47. The Morgan fingerprint density at radius 3 is 2.52 bits per heavy atom. The van der Waals surface area contributed by atoms with Crippen LogP contribution in [0.5, 0.6) is 0 Å². The van der Waals surface area contributed by atoms with Crippen molar-refractivity contribution in [3.05, 3.63) is 99.6 Å². The van der Waals surface area contributed by atoms with Gasteiger partial charge >= 0.3 is 0 Å². The third-order valence-corrected chi connectivity index (χ3v) is 5.40. The molecule has 0 amide bonds. The lowest BCUT2D eigenvalue weighted by Crippen LogP contribution is -2.18. The van der Waals surface area contributed by atoms with Crippen LogP contribution in [0.25, 0.3) is 10.9 Å². The first-order chi connectivity index (χ1) is 14.0. The van der Waals surface area contributed by atoms with Gasteiger partial charge in [-0.05, 0) is 44.0 Å². The van der Waals surface area contributed by atoms with Gasteiger partial charge < -0.3 is 4.57 Å². The molecule has 0 atom stereocenters. The van der Waals surface area contributed by atoms with Gasteiger partial charge in [-0.3, -0.25) is 14.3 Å². The molecule has 0 saturated carbocycles. The number of hydrogen-bond acceptors (Lipinski definition) is 3. The van der Waals surface area contributed by atoms with Gasteiger partial charge in [0.2, 0.25) is 5.43 Å². The highest BCUT2D eigenvalue weighted by molar-refractivity contribution is 5.98. The number of carbonyl (C=O) groups excluding carboxylic acids is 1. The fraction of sp³-hybridized carbons (Fsp3) is 0.208. The fourth-order valence-electron chi connectivity index (χ4n) is 3.82.